The number of hydrogen-bond donors (Lipinski definition) is 2. The van der Waals surface area contributed by atoms with E-state index in [-0.39, 0.29) is 11.4 Å². The summed E-state index contributed by atoms with van der Waals surface area (Å²) in [6.45, 7) is 0.308. The first-order chi connectivity index (χ1) is 10.0. The van der Waals surface area contributed by atoms with Gasteiger partial charge in [-0.05, 0) is 28.1 Å². The molecule has 7 heteroatoms. The minimum atomic E-state index is -0.471. The highest BCUT2D eigenvalue weighted by molar-refractivity contribution is 9.10. The van der Waals surface area contributed by atoms with Crippen LogP contribution in [-0.2, 0) is 6.54 Å². The van der Waals surface area contributed by atoms with E-state index in [1.807, 2.05) is 0 Å². The molecule has 0 bridgehead atoms. The second kappa shape index (κ2) is 6.45. The Balaban J connectivity index is 2.24. The number of non-ortho nitro benzene ring substituents is 1. The van der Waals surface area contributed by atoms with Gasteiger partial charge in [-0.25, -0.2) is 0 Å². The van der Waals surface area contributed by atoms with Gasteiger partial charge >= 0.3 is 0 Å². The van der Waals surface area contributed by atoms with Gasteiger partial charge in [0.1, 0.15) is 11.5 Å². The molecule has 0 saturated carbocycles. The standard InChI is InChI=1S/C14H13BrN2O4/c1-21-13-6-5-10(17(19)20)7-12(13)16-8-9-3-2-4-11(15)14(9)18/h2-7,16,18H,8H2,1H3. The number of nitro groups is 1. The van der Waals surface area contributed by atoms with E-state index in [0.29, 0.717) is 28.0 Å². The summed E-state index contributed by atoms with van der Waals surface area (Å²) in [5.41, 5.74) is 1.13. The van der Waals surface area contributed by atoms with Crippen LogP contribution in [0.25, 0.3) is 0 Å². The van der Waals surface area contributed by atoms with Crippen molar-refractivity contribution in [2.45, 2.75) is 6.54 Å². The molecular weight excluding hydrogens is 340 g/mol. The summed E-state index contributed by atoms with van der Waals surface area (Å²) in [4.78, 5) is 10.3. The Morgan fingerprint density at radius 1 is 1.38 bits per heavy atom. The van der Waals surface area contributed by atoms with Crippen LogP contribution in [-0.4, -0.2) is 17.1 Å². The van der Waals surface area contributed by atoms with Crippen LogP contribution in [0.5, 0.6) is 11.5 Å². The van der Waals surface area contributed by atoms with Crippen LogP contribution in [0.15, 0.2) is 40.9 Å². The van der Waals surface area contributed by atoms with Crippen molar-refractivity contribution in [1.29, 1.82) is 0 Å². The zero-order chi connectivity index (χ0) is 15.4. The van der Waals surface area contributed by atoms with Gasteiger partial charge < -0.3 is 15.2 Å². The number of rotatable bonds is 5. The molecule has 0 saturated heterocycles. The third kappa shape index (κ3) is 3.43. The van der Waals surface area contributed by atoms with Crippen LogP contribution in [0.3, 0.4) is 0 Å². The predicted molar refractivity (Wildman–Crippen MR) is 82.8 cm³/mol. The summed E-state index contributed by atoms with van der Waals surface area (Å²) in [6, 6.07) is 9.59. The molecule has 2 rings (SSSR count). The summed E-state index contributed by atoms with van der Waals surface area (Å²) in [5, 5.41) is 23.8. The van der Waals surface area contributed by atoms with Crippen molar-refractivity contribution in [1.82, 2.24) is 0 Å². The molecule has 0 fully saturated rings. The van der Waals surface area contributed by atoms with Gasteiger partial charge in [0.25, 0.3) is 5.69 Å². The smallest absolute Gasteiger partial charge is 0.271 e. The van der Waals surface area contributed by atoms with Crippen molar-refractivity contribution in [3.8, 4) is 11.5 Å². The largest absolute Gasteiger partial charge is 0.506 e. The predicted octanol–water partition coefficient (Wildman–Crippen LogP) is 3.68. The first-order valence-corrected chi connectivity index (χ1v) is 6.85. The van der Waals surface area contributed by atoms with Gasteiger partial charge in [0.2, 0.25) is 0 Å². The summed E-state index contributed by atoms with van der Waals surface area (Å²) in [7, 11) is 1.49. The number of nitro benzene ring substituents is 1. The Kier molecular flexibility index (Phi) is 4.64. The van der Waals surface area contributed by atoms with Gasteiger partial charge in [0.05, 0.1) is 22.2 Å². The molecule has 2 N–H and O–H groups in total. The average molecular weight is 353 g/mol. The Morgan fingerprint density at radius 3 is 2.81 bits per heavy atom. The van der Waals surface area contributed by atoms with Gasteiger partial charge in [0, 0.05) is 24.2 Å². The minimum absolute atomic E-state index is 0.0308. The van der Waals surface area contributed by atoms with Crippen molar-refractivity contribution in [3.05, 3.63) is 56.5 Å². The molecule has 0 amide bonds. The van der Waals surface area contributed by atoms with Crippen molar-refractivity contribution in [2.24, 2.45) is 0 Å². The molecule has 0 heterocycles. The lowest BCUT2D eigenvalue weighted by Crippen LogP contribution is -2.02. The molecule has 0 aliphatic carbocycles. The number of phenols is 1. The Hall–Kier alpha value is -2.28. The topological polar surface area (TPSA) is 84.6 Å². The molecule has 0 radical (unpaired) electrons. The second-order valence-electron chi connectivity index (χ2n) is 4.24. The molecule has 0 aromatic heterocycles. The second-order valence-corrected chi connectivity index (χ2v) is 5.10. The highest BCUT2D eigenvalue weighted by Gasteiger charge is 2.12. The molecule has 6 nitrogen and oxygen atoms in total. The van der Waals surface area contributed by atoms with Crippen molar-refractivity contribution >= 4 is 27.3 Å². The van der Waals surface area contributed by atoms with Crippen LogP contribution in [0.4, 0.5) is 11.4 Å². The van der Waals surface area contributed by atoms with Crippen molar-refractivity contribution in [2.75, 3.05) is 12.4 Å². The van der Waals surface area contributed by atoms with E-state index in [9.17, 15) is 15.2 Å². The number of hydrogen-bond acceptors (Lipinski definition) is 5. The molecule has 0 aliphatic heterocycles. The zero-order valence-electron chi connectivity index (χ0n) is 11.2. The van der Waals surface area contributed by atoms with Crippen LogP contribution >= 0.6 is 15.9 Å². The summed E-state index contributed by atoms with van der Waals surface area (Å²) in [6.07, 6.45) is 0. The lowest BCUT2D eigenvalue weighted by molar-refractivity contribution is -0.384. The van der Waals surface area contributed by atoms with Gasteiger partial charge in [-0.15, -0.1) is 0 Å². The monoisotopic (exact) mass is 352 g/mol. The lowest BCUT2D eigenvalue weighted by Gasteiger charge is -2.12. The Labute approximate surface area is 129 Å². The molecular formula is C14H13BrN2O4. The zero-order valence-corrected chi connectivity index (χ0v) is 12.8. The third-order valence-electron chi connectivity index (χ3n) is 2.93. The molecule has 0 spiro atoms. The van der Waals surface area contributed by atoms with E-state index >= 15 is 0 Å². The van der Waals surface area contributed by atoms with Gasteiger partial charge in [-0.1, -0.05) is 12.1 Å². The summed E-state index contributed by atoms with van der Waals surface area (Å²) >= 11 is 3.24. The summed E-state index contributed by atoms with van der Waals surface area (Å²) in [5.74, 6) is 0.629. The highest BCUT2D eigenvalue weighted by Crippen LogP contribution is 2.31. The number of halogens is 1. The van der Waals surface area contributed by atoms with E-state index < -0.39 is 4.92 Å². The van der Waals surface area contributed by atoms with Crippen LogP contribution in [0, 0.1) is 10.1 Å². The maximum absolute atomic E-state index is 10.8. The average Bonchev–Trinajstić information content (AvgIpc) is 2.48. The Morgan fingerprint density at radius 2 is 2.14 bits per heavy atom. The molecule has 0 unspecified atom stereocenters. The number of methoxy groups -OCH3 is 1. The minimum Gasteiger partial charge on any atom is -0.506 e. The molecule has 0 atom stereocenters. The SMILES string of the molecule is COc1ccc([N+](=O)[O-])cc1NCc1cccc(Br)c1O. The number of aromatic hydroxyl groups is 1. The van der Waals surface area contributed by atoms with Crippen LogP contribution in [0.2, 0.25) is 0 Å². The number of benzene rings is 2. The Bertz CT molecular complexity index is 676. The van der Waals surface area contributed by atoms with E-state index in [0.717, 1.165) is 0 Å². The molecule has 110 valence electrons. The van der Waals surface area contributed by atoms with E-state index in [1.165, 1.54) is 25.3 Å². The lowest BCUT2D eigenvalue weighted by atomic mass is 10.2. The fourth-order valence-electron chi connectivity index (χ4n) is 1.84. The molecule has 0 aliphatic rings. The van der Waals surface area contributed by atoms with E-state index in [1.54, 1.807) is 18.2 Å². The number of phenolic OH excluding ortho intramolecular Hbond substituents is 1. The maximum atomic E-state index is 10.8. The van der Waals surface area contributed by atoms with Crippen molar-refractivity contribution < 1.29 is 14.8 Å². The first-order valence-electron chi connectivity index (χ1n) is 6.05. The van der Waals surface area contributed by atoms with E-state index in [4.69, 9.17) is 4.74 Å². The molecule has 21 heavy (non-hydrogen) atoms. The third-order valence-corrected chi connectivity index (χ3v) is 3.57. The van der Waals surface area contributed by atoms with Crippen LogP contribution < -0.4 is 10.1 Å². The highest BCUT2D eigenvalue weighted by atomic mass is 79.9. The number of nitrogens with zero attached hydrogens (tertiary/aromatic N) is 1. The normalized spacial score (nSPS) is 10.2. The first kappa shape index (κ1) is 15.1. The quantitative estimate of drug-likeness (QED) is 0.633. The maximum Gasteiger partial charge on any atom is 0.271 e. The molecule has 2 aromatic carbocycles. The van der Waals surface area contributed by atoms with Crippen LogP contribution in [0.1, 0.15) is 5.56 Å². The molecule has 2 aromatic rings. The number of ether oxygens (including phenoxy) is 1. The number of para-hydroxylation sites is 1. The van der Waals surface area contributed by atoms with Crippen molar-refractivity contribution in [3.63, 3.8) is 0 Å². The fourth-order valence-corrected chi connectivity index (χ4v) is 2.25. The van der Waals surface area contributed by atoms with Gasteiger partial charge in [-0.2, -0.15) is 0 Å². The number of nitrogens with one attached hydrogen (secondary N) is 1. The summed E-state index contributed by atoms with van der Waals surface area (Å²) < 4.78 is 5.76. The van der Waals surface area contributed by atoms with E-state index in [2.05, 4.69) is 21.2 Å². The fraction of sp³-hybridized carbons (Fsp3) is 0.143. The number of anilines is 1. The van der Waals surface area contributed by atoms with Gasteiger partial charge in [-0.3, -0.25) is 10.1 Å². The van der Waals surface area contributed by atoms with Gasteiger partial charge in [0.15, 0.2) is 0 Å².